The molecule has 2 aliphatic heterocycles. The number of aromatic nitrogens is 2. The zero-order valence-corrected chi connectivity index (χ0v) is 27.3. The molecule has 0 unspecified atom stereocenters. The summed E-state index contributed by atoms with van der Waals surface area (Å²) in [6, 6.07) is 17.2. The summed E-state index contributed by atoms with van der Waals surface area (Å²) in [6.07, 6.45) is -0.343. The average Bonchev–Trinajstić information content (AvgIpc) is 3.07. The van der Waals surface area contributed by atoms with Crippen LogP contribution in [0.15, 0.2) is 71.5 Å². The molecule has 2 N–H and O–H groups in total. The van der Waals surface area contributed by atoms with Gasteiger partial charge in [0.25, 0.3) is 11.8 Å². The largest absolute Gasteiger partial charge is 0.496 e. The van der Waals surface area contributed by atoms with Crippen molar-refractivity contribution in [2.45, 2.75) is 45.5 Å². The van der Waals surface area contributed by atoms with E-state index in [9.17, 15) is 23.6 Å². The Hall–Kier alpha value is -5.72. The van der Waals surface area contributed by atoms with E-state index in [0.717, 1.165) is 0 Å². The van der Waals surface area contributed by atoms with Gasteiger partial charge in [-0.15, -0.1) is 0 Å². The topological polar surface area (TPSA) is 141 Å². The molecule has 0 saturated carbocycles. The molecule has 254 valence electrons. The van der Waals surface area contributed by atoms with Gasteiger partial charge in [0.1, 0.15) is 35.7 Å². The van der Waals surface area contributed by atoms with E-state index in [2.05, 4.69) is 15.6 Å². The van der Waals surface area contributed by atoms with Gasteiger partial charge < -0.3 is 29.7 Å². The number of aryl methyl sites for hydroxylation is 2. The Morgan fingerprint density at radius 2 is 1.86 bits per heavy atom. The highest BCUT2D eigenvalue weighted by atomic mass is 19.1. The number of benzene rings is 3. The molecular formula is C36H36FN5O7. The van der Waals surface area contributed by atoms with Crippen molar-refractivity contribution in [3.8, 4) is 28.4 Å². The molecular weight excluding hydrogens is 633 g/mol. The zero-order chi connectivity index (χ0) is 34.7. The number of methoxy groups -OCH3 is 1. The summed E-state index contributed by atoms with van der Waals surface area (Å²) in [5.41, 5.74) is 2.75. The van der Waals surface area contributed by atoms with Crippen LogP contribution in [0.4, 0.5) is 4.39 Å². The first-order valence-corrected chi connectivity index (χ1v) is 15.8. The zero-order valence-electron chi connectivity index (χ0n) is 27.3. The summed E-state index contributed by atoms with van der Waals surface area (Å²) in [5, 5.41) is 5.78. The summed E-state index contributed by atoms with van der Waals surface area (Å²) in [5.74, 6) is -0.558. The number of carbonyl (C=O) groups is 3. The molecule has 12 nitrogen and oxygen atoms in total. The van der Waals surface area contributed by atoms with Crippen LogP contribution in [0.2, 0.25) is 0 Å². The fourth-order valence-corrected chi connectivity index (χ4v) is 6.09. The number of piperidine rings is 1. The fourth-order valence-electron chi connectivity index (χ4n) is 6.09. The summed E-state index contributed by atoms with van der Waals surface area (Å²) in [6.45, 7) is 3.33. The average molecular weight is 670 g/mol. The third-order valence-electron chi connectivity index (χ3n) is 8.54. The number of amides is 3. The Kier molecular flexibility index (Phi) is 9.61. The first-order valence-electron chi connectivity index (χ1n) is 15.8. The standard InChI is InChI=1S/C36H36FN5O7/c1-21-11-22(2)42(36(46)39-21)19-34(44)41-10-9-32-30(18-41)40-35(45)25-7-8-31(47-3)29(15-25)24-5-4-6-27(14-24)48-20-33(43)38-17-23-12-26(37)16-28(13-23)49-32/h4-8,11-16,30,32H,9-10,17-20H2,1-3H3,(H,38,43)(H,40,45)/t30-,32-/m1/s1. The first kappa shape index (κ1) is 33.2. The van der Waals surface area contributed by atoms with Crippen LogP contribution in [0.5, 0.6) is 17.2 Å². The quantitative estimate of drug-likeness (QED) is 0.339. The highest BCUT2D eigenvalue weighted by Crippen LogP contribution is 2.33. The highest BCUT2D eigenvalue weighted by Gasteiger charge is 2.35. The lowest BCUT2D eigenvalue weighted by molar-refractivity contribution is -0.134. The Balaban J connectivity index is 1.34. The fraction of sp³-hybridized carbons (Fsp3) is 0.306. The molecule has 1 aromatic heterocycles. The molecule has 49 heavy (non-hydrogen) atoms. The van der Waals surface area contributed by atoms with Crippen molar-refractivity contribution in [3.05, 3.63) is 106 Å². The van der Waals surface area contributed by atoms with E-state index in [1.54, 1.807) is 67.3 Å². The molecule has 0 spiro atoms. The monoisotopic (exact) mass is 669 g/mol. The van der Waals surface area contributed by atoms with E-state index < -0.39 is 35.5 Å². The molecule has 3 amide bonds. The second kappa shape index (κ2) is 14.2. The Morgan fingerprint density at radius 1 is 1.02 bits per heavy atom. The van der Waals surface area contributed by atoms with Gasteiger partial charge in [-0.25, -0.2) is 9.18 Å². The molecule has 3 aromatic carbocycles. The predicted octanol–water partition coefficient (Wildman–Crippen LogP) is 3.16. The maximum Gasteiger partial charge on any atom is 0.348 e. The van der Waals surface area contributed by atoms with Gasteiger partial charge >= 0.3 is 5.69 Å². The smallest absolute Gasteiger partial charge is 0.348 e. The third kappa shape index (κ3) is 7.72. The molecule has 0 aliphatic carbocycles. The second-order valence-electron chi connectivity index (χ2n) is 12.1. The first-order chi connectivity index (χ1) is 23.6. The van der Waals surface area contributed by atoms with E-state index in [4.69, 9.17) is 14.2 Å². The lowest BCUT2D eigenvalue weighted by Crippen LogP contribution is -2.58. The number of fused-ring (bicyclic) bond motifs is 8. The molecule has 1 fully saturated rings. The van der Waals surface area contributed by atoms with Crippen molar-refractivity contribution >= 4 is 17.7 Å². The SMILES string of the molecule is COc1ccc2cc1-c1cccc(c1)OCC(=O)NCc1cc(F)cc(c1)O[C@@H]1CCN(C(=O)Cn3c(C)cc(C)nc3=O)C[C@H]1NC2=O. The van der Waals surface area contributed by atoms with Crippen molar-refractivity contribution < 1.29 is 33.0 Å². The molecule has 2 atom stereocenters. The summed E-state index contributed by atoms with van der Waals surface area (Å²) in [7, 11) is 1.53. The second-order valence-corrected chi connectivity index (χ2v) is 12.1. The van der Waals surface area contributed by atoms with Crippen LogP contribution < -0.4 is 30.5 Å². The van der Waals surface area contributed by atoms with E-state index in [0.29, 0.717) is 51.6 Å². The van der Waals surface area contributed by atoms with Gasteiger partial charge in [0.05, 0.1) is 13.2 Å². The van der Waals surface area contributed by atoms with Gasteiger partial charge in [-0.3, -0.25) is 19.0 Å². The maximum absolute atomic E-state index is 14.8. The molecule has 1 saturated heterocycles. The van der Waals surface area contributed by atoms with E-state index in [1.807, 2.05) is 6.07 Å². The number of likely N-dealkylation sites (tertiary alicyclic amines) is 1. The van der Waals surface area contributed by atoms with Crippen molar-refractivity contribution in [2.75, 3.05) is 26.8 Å². The number of nitrogens with one attached hydrogen (secondary N) is 2. The minimum absolute atomic E-state index is 0.0269. The van der Waals surface area contributed by atoms with Crippen LogP contribution in [0.3, 0.4) is 0 Å². The number of ether oxygens (including phenoxy) is 3. The molecule has 0 radical (unpaired) electrons. The van der Waals surface area contributed by atoms with Gasteiger partial charge in [0.15, 0.2) is 6.61 Å². The van der Waals surface area contributed by atoms with Crippen molar-refractivity contribution in [1.29, 1.82) is 0 Å². The molecule has 2 aliphatic rings. The van der Waals surface area contributed by atoms with Crippen LogP contribution in [-0.2, 0) is 22.7 Å². The van der Waals surface area contributed by atoms with Crippen LogP contribution in [0.25, 0.3) is 11.1 Å². The van der Waals surface area contributed by atoms with Crippen molar-refractivity contribution in [2.24, 2.45) is 0 Å². The summed E-state index contributed by atoms with van der Waals surface area (Å²) >= 11 is 0. The number of nitrogens with zero attached hydrogens (tertiary/aromatic N) is 3. The van der Waals surface area contributed by atoms with Gasteiger partial charge in [-0.05, 0) is 73.5 Å². The third-order valence-corrected chi connectivity index (χ3v) is 8.54. The maximum atomic E-state index is 14.8. The molecule has 6 bridgehead atoms. The Morgan fingerprint density at radius 3 is 2.65 bits per heavy atom. The minimum Gasteiger partial charge on any atom is -0.496 e. The van der Waals surface area contributed by atoms with E-state index >= 15 is 0 Å². The highest BCUT2D eigenvalue weighted by molar-refractivity contribution is 5.96. The molecule has 13 heteroatoms. The van der Waals surface area contributed by atoms with Gasteiger partial charge in [-0.2, -0.15) is 4.98 Å². The lowest BCUT2D eigenvalue weighted by Gasteiger charge is -2.39. The van der Waals surface area contributed by atoms with Gasteiger partial charge in [-0.1, -0.05) is 12.1 Å². The van der Waals surface area contributed by atoms with Crippen molar-refractivity contribution in [1.82, 2.24) is 25.1 Å². The molecule has 4 aromatic rings. The van der Waals surface area contributed by atoms with E-state index in [-0.39, 0.29) is 44.4 Å². The Bertz CT molecular complexity index is 1980. The van der Waals surface area contributed by atoms with Crippen LogP contribution >= 0.6 is 0 Å². The normalized spacial score (nSPS) is 17.9. The van der Waals surface area contributed by atoms with Crippen LogP contribution in [0, 0.1) is 19.7 Å². The lowest BCUT2D eigenvalue weighted by atomic mass is 9.99. The minimum atomic E-state index is -0.713. The van der Waals surface area contributed by atoms with Gasteiger partial charge in [0, 0.05) is 54.6 Å². The Labute approximate surface area is 281 Å². The van der Waals surface area contributed by atoms with Gasteiger partial charge in [0.2, 0.25) is 5.91 Å². The molecule has 6 rings (SSSR count). The summed E-state index contributed by atoms with van der Waals surface area (Å²) in [4.78, 5) is 58.1. The van der Waals surface area contributed by atoms with Crippen LogP contribution in [0.1, 0.15) is 33.7 Å². The number of halogens is 1. The number of hydrogen-bond donors (Lipinski definition) is 2. The number of carbonyl (C=O) groups excluding carboxylic acids is 3. The molecule has 3 heterocycles. The van der Waals surface area contributed by atoms with Crippen molar-refractivity contribution in [3.63, 3.8) is 0 Å². The summed E-state index contributed by atoms with van der Waals surface area (Å²) < 4.78 is 33.7. The number of hydrogen-bond acceptors (Lipinski definition) is 8. The predicted molar refractivity (Wildman–Crippen MR) is 177 cm³/mol. The van der Waals surface area contributed by atoms with Crippen LogP contribution in [-0.4, -0.2) is 71.1 Å². The number of rotatable bonds is 3. The van der Waals surface area contributed by atoms with E-state index in [1.165, 1.54) is 23.8 Å².